The predicted molar refractivity (Wildman–Crippen MR) is 103 cm³/mol. The molecular formula is C21H30N2O2. The predicted octanol–water partition coefficient (Wildman–Crippen LogP) is 3.62. The Morgan fingerprint density at radius 1 is 1.04 bits per heavy atom. The number of ether oxygens (including phenoxy) is 2. The molecule has 0 aliphatic heterocycles. The van der Waals surface area contributed by atoms with Crippen LogP contribution in [0.3, 0.4) is 0 Å². The summed E-state index contributed by atoms with van der Waals surface area (Å²) >= 11 is 0. The van der Waals surface area contributed by atoms with Crippen molar-refractivity contribution in [2.24, 2.45) is 0 Å². The molecule has 0 unspecified atom stereocenters. The fourth-order valence-corrected chi connectivity index (χ4v) is 2.62. The van der Waals surface area contributed by atoms with E-state index in [2.05, 4.69) is 49.4 Å². The molecule has 0 bridgehead atoms. The number of aryl methyl sites for hydroxylation is 1. The van der Waals surface area contributed by atoms with Crippen LogP contribution in [-0.2, 0) is 13.2 Å². The van der Waals surface area contributed by atoms with Gasteiger partial charge in [-0.1, -0.05) is 30.3 Å². The van der Waals surface area contributed by atoms with Gasteiger partial charge in [0, 0.05) is 6.54 Å². The molecule has 0 spiro atoms. The molecule has 0 amide bonds. The lowest BCUT2D eigenvalue weighted by Crippen LogP contribution is -2.21. The maximum atomic E-state index is 5.97. The van der Waals surface area contributed by atoms with Crippen molar-refractivity contribution in [2.75, 3.05) is 34.3 Å². The maximum absolute atomic E-state index is 5.97. The number of rotatable bonds is 10. The van der Waals surface area contributed by atoms with Gasteiger partial charge in [0.25, 0.3) is 0 Å². The second kappa shape index (κ2) is 10.1. The minimum atomic E-state index is 0.547. The highest BCUT2D eigenvalue weighted by molar-refractivity contribution is 5.43. The monoisotopic (exact) mass is 342 g/mol. The number of hydrogen-bond acceptors (Lipinski definition) is 4. The number of methoxy groups -OCH3 is 1. The first-order valence-electron chi connectivity index (χ1n) is 8.80. The fraction of sp³-hybridized carbons (Fsp3) is 0.429. The van der Waals surface area contributed by atoms with Gasteiger partial charge in [-0.3, -0.25) is 0 Å². The molecule has 0 saturated heterocycles. The normalized spacial score (nSPS) is 10.9. The molecule has 2 aromatic carbocycles. The lowest BCUT2D eigenvalue weighted by molar-refractivity contribution is 0.283. The van der Waals surface area contributed by atoms with Crippen molar-refractivity contribution >= 4 is 0 Å². The highest BCUT2D eigenvalue weighted by atomic mass is 16.5. The van der Waals surface area contributed by atoms with E-state index in [1.54, 1.807) is 7.11 Å². The van der Waals surface area contributed by atoms with Crippen molar-refractivity contribution in [3.63, 3.8) is 0 Å². The van der Waals surface area contributed by atoms with Crippen molar-refractivity contribution < 1.29 is 9.47 Å². The molecular weight excluding hydrogens is 312 g/mol. The molecule has 0 atom stereocenters. The second-order valence-corrected chi connectivity index (χ2v) is 6.53. The zero-order chi connectivity index (χ0) is 18.1. The van der Waals surface area contributed by atoms with Gasteiger partial charge in [0.15, 0.2) is 11.5 Å². The largest absolute Gasteiger partial charge is 0.493 e. The zero-order valence-electron chi connectivity index (χ0n) is 15.8. The van der Waals surface area contributed by atoms with Crippen LogP contribution >= 0.6 is 0 Å². The van der Waals surface area contributed by atoms with Gasteiger partial charge in [0.05, 0.1) is 7.11 Å². The third kappa shape index (κ3) is 6.40. The van der Waals surface area contributed by atoms with Crippen molar-refractivity contribution in [1.82, 2.24) is 10.2 Å². The van der Waals surface area contributed by atoms with Crippen molar-refractivity contribution in [2.45, 2.75) is 26.5 Å². The SMILES string of the molecule is COc1cc(CNCCCN(C)C)ccc1OCc1ccccc1C. The molecule has 4 heteroatoms. The fourth-order valence-electron chi connectivity index (χ4n) is 2.62. The molecule has 0 fully saturated rings. The molecule has 0 aromatic heterocycles. The van der Waals surface area contributed by atoms with Crippen LogP contribution in [0.15, 0.2) is 42.5 Å². The quantitative estimate of drug-likeness (QED) is 0.669. The van der Waals surface area contributed by atoms with E-state index in [-0.39, 0.29) is 0 Å². The molecule has 1 N–H and O–H groups in total. The topological polar surface area (TPSA) is 33.7 Å². The molecule has 2 rings (SSSR count). The molecule has 25 heavy (non-hydrogen) atoms. The van der Waals surface area contributed by atoms with Gasteiger partial charge in [-0.15, -0.1) is 0 Å². The summed E-state index contributed by atoms with van der Waals surface area (Å²) in [7, 11) is 5.88. The standard InChI is InChI=1S/C21H30N2O2/c1-17-8-5-6-9-19(17)16-25-20-11-10-18(14-21(20)24-4)15-22-12-7-13-23(2)3/h5-6,8-11,14,22H,7,12-13,15-16H2,1-4H3. The number of hydrogen-bond donors (Lipinski definition) is 1. The van der Waals surface area contributed by atoms with E-state index in [1.165, 1.54) is 16.7 Å². The lowest BCUT2D eigenvalue weighted by atomic mass is 10.1. The average molecular weight is 342 g/mol. The van der Waals surface area contributed by atoms with Gasteiger partial charge in [-0.25, -0.2) is 0 Å². The number of nitrogens with zero attached hydrogens (tertiary/aromatic N) is 1. The van der Waals surface area contributed by atoms with E-state index in [0.717, 1.165) is 37.6 Å². The first kappa shape index (κ1) is 19.3. The summed E-state index contributed by atoms with van der Waals surface area (Å²) in [6, 6.07) is 14.4. The summed E-state index contributed by atoms with van der Waals surface area (Å²) < 4.78 is 11.5. The molecule has 0 aliphatic rings. The van der Waals surface area contributed by atoms with E-state index >= 15 is 0 Å². The summed E-state index contributed by atoms with van der Waals surface area (Å²) in [5.41, 5.74) is 3.63. The number of nitrogens with one attached hydrogen (secondary N) is 1. The van der Waals surface area contributed by atoms with Crippen LogP contribution in [-0.4, -0.2) is 39.2 Å². The Balaban J connectivity index is 1.89. The van der Waals surface area contributed by atoms with Crippen LogP contribution in [0.1, 0.15) is 23.1 Å². The van der Waals surface area contributed by atoms with Crippen LogP contribution < -0.4 is 14.8 Å². The Morgan fingerprint density at radius 3 is 2.56 bits per heavy atom. The van der Waals surface area contributed by atoms with Crippen LogP contribution in [0.5, 0.6) is 11.5 Å². The van der Waals surface area contributed by atoms with Gasteiger partial charge in [-0.05, 0) is 69.4 Å². The summed E-state index contributed by atoms with van der Waals surface area (Å²) in [6.45, 7) is 5.59. The van der Waals surface area contributed by atoms with E-state index in [4.69, 9.17) is 9.47 Å². The summed E-state index contributed by atoms with van der Waals surface area (Å²) in [5.74, 6) is 1.56. The van der Waals surface area contributed by atoms with E-state index in [9.17, 15) is 0 Å². The molecule has 0 aliphatic carbocycles. The summed E-state index contributed by atoms with van der Waals surface area (Å²) in [4.78, 5) is 2.20. The minimum absolute atomic E-state index is 0.547. The van der Waals surface area contributed by atoms with Gasteiger partial charge >= 0.3 is 0 Å². The Hall–Kier alpha value is -2.04. The van der Waals surface area contributed by atoms with Gasteiger partial charge in [0.2, 0.25) is 0 Å². The highest BCUT2D eigenvalue weighted by Gasteiger charge is 2.07. The van der Waals surface area contributed by atoms with Gasteiger partial charge in [0.1, 0.15) is 6.61 Å². The number of benzene rings is 2. The average Bonchev–Trinajstić information content (AvgIpc) is 2.61. The van der Waals surface area contributed by atoms with Crippen molar-refractivity contribution in [3.8, 4) is 11.5 Å². The van der Waals surface area contributed by atoms with Crippen LogP contribution in [0.2, 0.25) is 0 Å². The third-order valence-corrected chi connectivity index (χ3v) is 4.16. The lowest BCUT2D eigenvalue weighted by Gasteiger charge is -2.14. The first-order valence-corrected chi connectivity index (χ1v) is 8.80. The Morgan fingerprint density at radius 2 is 1.84 bits per heavy atom. The van der Waals surface area contributed by atoms with Crippen molar-refractivity contribution in [3.05, 3.63) is 59.2 Å². The third-order valence-electron chi connectivity index (χ3n) is 4.16. The minimum Gasteiger partial charge on any atom is -0.493 e. The van der Waals surface area contributed by atoms with Gasteiger partial charge < -0.3 is 19.7 Å². The molecule has 4 nitrogen and oxygen atoms in total. The van der Waals surface area contributed by atoms with Gasteiger partial charge in [-0.2, -0.15) is 0 Å². The molecule has 2 aromatic rings. The Bertz CT molecular complexity index is 656. The highest BCUT2D eigenvalue weighted by Crippen LogP contribution is 2.29. The van der Waals surface area contributed by atoms with E-state index < -0.39 is 0 Å². The first-order chi connectivity index (χ1) is 12.1. The zero-order valence-corrected chi connectivity index (χ0v) is 15.8. The summed E-state index contributed by atoms with van der Waals surface area (Å²) in [6.07, 6.45) is 1.14. The van der Waals surface area contributed by atoms with Crippen LogP contribution in [0.4, 0.5) is 0 Å². The smallest absolute Gasteiger partial charge is 0.161 e. The summed E-state index contributed by atoms with van der Waals surface area (Å²) in [5, 5.41) is 3.47. The maximum Gasteiger partial charge on any atom is 0.161 e. The molecule has 136 valence electrons. The van der Waals surface area contributed by atoms with E-state index in [0.29, 0.717) is 6.61 Å². The van der Waals surface area contributed by atoms with Crippen LogP contribution in [0.25, 0.3) is 0 Å². The molecule has 0 saturated carbocycles. The second-order valence-electron chi connectivity index (χ2n) is 6.53. The molecule has 0 radical (unpaired) electrons. The van der Waals surface area contributed by atoms with E-state index in [1.807, 2.05) is 24.3 Å². The Labute approximate surface area is 151 Å². The van der Waals surface area contributed by atoms with Crippen molar-refractivity contribution in [1.29, 1.82) is 0 Å². The molecule has 0 heterocycles. The van der Waals surface area contributed by atoms with Crippen LogP contribution in [0, 0.1) is 6.92 Å². The Kier molecular flexibility index (Phi) is 7.76.